The number of halogens is 3. The van der Waals surface area contributed by atoms with Crippen LogP contribution in [0.2, 0.25) is 0 Å². The van der Waals surface area contributed by atoms with Crippen LogP contribution in [0.1, 0.15) is 18.1 Å². The molecule has 2 aromatic rings. The maximum absolute atomic E-state index is 13.3. The van der Waals surface area contributed by atoms with Gasteiger partial charge in [-0.25, -0.2) is 0 Å². The number of rotatable bonds is 4. The Morgan fingerprint density at radius 1 is 1.19 bits per heavy atom. The number of nitrogens with zero attached hydrogens (tertiary/aromatic N) is 2. The quantitative estimate of drug-likeness (QED) is 0.799. The number of carbonyl (C=O) groups excluding carboxylic acids is 1. The van der Waals surface area contributed by atoms with Crippen molar-refractivity contribution in [3.8, 4) is 5.75 Å². The molecule has 1 amide bonds. The third-order valence-electron chi connectivity index (χ3n) is 6.15. The summed E-state index contributed by atoms with van der Waals surface area (Å²) in [4.78, 5) is 17.2. The first-order chi connectivity index (χ1) is 14.8. The molecule has 1 saturated heterocycles. The lowest BCUT2D eigenvalue weighted by Gasteiger charge is -2.49. The summed E-state index contributed by atoms with van der Waals surface area (Å²) in [7, 11) is 1.62. The number of piperazine rings is 1. The Morgan fingerprint density at radius 3 is 2.71 bits per heavy atom. The van der Waals surface area contributed by atoms with Crippen LogP contribution < -0.4 is 19.9 Å². The summed E-state index contributed by atoms with van der Waals surface area (Å²) in [6.45, 7) is 4.26. The zero-order chi connectivity index (χ0) is 22.2. The summed E-state index contributed by atoms with van der Waals surface area (Å²) in [6, 6.07) is 11.5. The van der Waals surface area contributed by atoms with Crippen molar-refractivity contribution < 1.29 is 22.7 Å². The maximum atomic E-state index is 13.3. The number of ether oxygens (including phenoxy) is 1. The Bertz CT molecular complexity index is 963. The molecule has 166 valence electrons. The van der Waals surface area contributed by atoms with Gasteiger partial charge >= 0.3 is 6.18 Å². The first kappa shape index (κ1) is 21.3. The number of amides is 1. The van der Waals surface area contributed by atoms with E-state index in [9.17, 15) is 18.0 Å². The van der Waals surface area contributed by atoms with Crippen molar-refractivity contribution in [2.75, 3.05) is 43.1 Å². The minimum Gasteiger partial charge on any atom is -0.497 e. The van der Waals surface area contributed by atoms with E-state index in [-0.39, 0.29) is 18.4 Å². The van der Waals surface area contributed by atoms with Crippen LogP contribution in [-0.4, -0.2) is 45.2 Å². The van der Waals surface area contributed by atoms with Gasteiger partial charge in [0, 0.05) is 43.6 Å². The predicted molar refractivity (Wildman–Crippen MR) is 114 cm³/mol. The van der Waals surface area contributed by atoms with Gasteiger partial charge in [-0.2, -0.15) is 13.2 Å². The molecule has 2 aliphatic heterocycles. The van der Waals surface area contributed by atoms with E-state index in [1.54, 1.807) is 13.2 Å². The second-order valence-electron chi connectivity index (χ2n) is 7.95. The molecular formula is C23H26F3N3O2. The molecule has 2 aliphatic rings. The molecule has 0 aliphatic carbocycles. The fourth-order valence-electron chi connectivity index (χ4n) is 4.65. The third kappa shape index (κ3) is 4.16. The number of fused-ring (bicyclic) bond motifs is 3. The Kier molecular flexibility index (Phi) is 5.73. The second kappa shape index (κ2) is 8.32. The molecule has 0 radical (unpaired) electrons. The number of benzene rings is 2. The summed E-state index contributed by atoms with van der Waals surface area (Å²) < 4.78 is 45.1. The summed E-state index contributed by atoms with van der Waals surface area (Å²) in [6.07, 6.45) is -4.11. The minimum absolute atomic E-state index is 0.118. The molecule has 31 heavy (non-hydrogen) atoms. The average Bonchev–Trinajstić information content (AvgIpc) is 2.77. The standard InChI is InChI=1S/C23H26F3N3O2/c1-3-27-22(30)19-12-15-11-16(23(24,25)26)7-8-20(15)29-10-9-28(14-21(19)29)17-5-4-6-18(13-17)31-2/h4-8,11,13,19,21H,3,9-10,12,14H2,1-2H3,(H,27,30)/t19-,21-/m1/s1. The molecule has 0 bridgehead atoms. The molecule has 8 heteroatoms. The van der Waals surface area contributed by atoms with Crippen LogP contribution in [0.4, 0.5) is 24.5 Å². The lowest BCUT2D eigenvalue weighted by Crippen LogP contribution is -2.61. The van der Waals surface area contributed by atoms with Gasteiger partial charge in [-0.15, -0.1) is 0 Å². The average molecular weight is 433 g/mol. The van der Waals surface area contributed by atoms with Gasteiger partial charge in [0.1, 0.15) is 5.75 Å². The number of alkyl halides is 3. The third-order valence-corrected chi connectivity index (χ3v) is 6.15. The normalized spacial score (nSPS) is 20.7. The summed E-state index contributed by atoms with van der Waals surface area (Å²) >= 11 is 0. The molecule has 0 unspecified atom stereocenters. The summed E-state index contributed by atoms with van der Waals surface area (Å²) in [5, 5.41) is 2.87. The van der Waals surface area contributed by atoms with Crippen LogP contribution in [-0.2, 0) is 17.4 Å². The van der Waals surface area contributed by atoms with E-state index >= 15 is 0 Å². The van der Waals surface area contributed by atoms with E-state index in [1.165, 1.54) is 6.07 Å². The summed E-state index contributed by atoms with van der Waals surface area (Å²) in [5.74, 6) is 0.214. The van der Waals surface area contributed by atoms with Crippen molar-refractivity contribution in [3.63, 3.8) is 0 Å². The van der Waals surface area contributed by atoms with Crippen LogP contribution in [0.3, 0.4) is 0 Å². The van der Waals surface area contributed by atoms with E-state index in [0.717, 1.165) is 23.2 Å². The molecule has 0 saturated carbocycles. The second-order valence-corrected chi connectivity index (χ2v) is 7.95. The largest absolute Gasteiger partial charge is 0.497 e. The highest BCUT2D eigenvalue weighted by Gasteiger charge is 2.42. The van der Waals surface area contributed by atoms with Gasteiger partial charge in [0.2, 0.25) is 5.91 Å². The zero-order valence-electron chi connectivity index (χ0n) is 17.6. The number of hydrogen-bond acceptors (Lipinski definition) is 4. The number of hydrogen-bond donors (Lipinski definition) is 1. The van der Waals surface area contributed by atoms with Gasteiger partial charge in [0.05, 0.1) is 24.6 Å². The Morgan fingerprint density at radius 2 is 2.00 bits per heavy atom. The molecule has 2 heterocycles. The molecular weight excluding hydrogens is 407 g/mol. The number of carbonyl (C=O) groups is 1. The highest BCUT2D eigenvalue weighted by molar-refractivity contribution is 5.82. The highest BCUT2D eigenvalue weighted by atomic mass is 19.4. The molecule has 0 spiro atoms. The van der Waals surface area contributed by atoms with Crippen LogP contribution >= 0.6 is 0 Å². The first-order valence-electron chi connectivity index (χ1n) is 10.4. The van der Waals surface area contributed by atoms with E-state index in [4.69, 9.17) is 4.74 Å². The van der Waals surface area contributed by atoms with Crippen LogP contribution in [0.15, 0.2) is 42.5 Å². The molecule has 4 rings (SSSR count). The molecule has 5 nitrogen and oxygen atoms in total. The fraction of sp³-hybridized carbons (Fsp3) is 0.435. The van der Waals surface area contributed by atoms with Gasteiger partial charge in [-0.1, -0.05) is 6.07 Å². The van der Waals surface area contributed by atoms with Crippen molar-refractivity contribution >= 4 is 17.3 Å². The maximum Gasteiger partial charge on any atom is 0.416 e. The SMILES string of the molecule is CCNC(=O)[C@@H]1Cc2cc(C(F)(F)F)ccc2N2CCN(c3cccc(OC)c3)C[C@H]12. The van der Waals surface area contributed by atoms with Gasteiger partial charge < -0.3 is 19.9 Å². The van der Waals surface area contributed by atoms with Gasteiger partial charge in [0.15, 0.2) is 0 Å². The Balaban J connectivity index is 1.68. The monoisotopic (exact) mass is 433 g/mol. The number of methoxy groups -OCH3 is 1. The molecule has 1 N–H and O–H groups in total. The molecule has 1 fully saturated rings. The minimum atomic E-state index is -4.40. The van der Waals surface area contributed by atoms with Crippen LogP contribution in [0, 0.1) is 5.92 Å². The van der Waals surface area contributed by atoms with Gasteiger partial charge in [0.25, 0.3) is 0 Å². The zero-order valence-corrected chi connectivity index (χ0v) is 17.6. The van der Waals surface area contributed by atoms with Crippen molar-refractivity contribution in [1.82, 2.24) is 5.32 Å². The van der Waals surface area contributed by atoms with Crippen molar-refractivity contribution in [3.05, 3.63) is 53.6 Å². The number of anilines is 2. The smallest absolute Gasteiger partial charge is 0.416 e. The summed E-state index contributed by atoms with van der Waals surface area (Å²) in [5.41, 5.74) is 1.71. The topological polar surface area (TPSA) is 44.8 Å². The molecule has 2 atom stereocenters. The van der Waals surface area contributed by atoms with Gasteiger partial charge in [-0.3, -0.25) is 4.79 Å². The van der Waals surface area contributed by atoms with Crippen molar-refractivity contribution in [1.29, 1.82) is 0 Å². The lowest BCUT2D eigenvalue weighted by atomic mass is 9.82. The predicted octanol–water partition coefficient (Wildman–Crippen LogP) is 3.72. The van der Waals surface area contributed by atoms with Crippen LogP contribution in [0.5, 0.6) is 5.75 Å². The fourth-order valence-corrected chi connectivity index (χ4v) is 4.65. The lowest BCUT2D eigenvalue weighted by molar-refractivity contribution is -0.137. The first-order valence-corrected chi connectivity index (χ1v) is 10.4. The van der Waals surface area contributed by atoms with E-state index in [0.29, 0.717) is 31.7 Å². The molecule has 2 aromatic carbocycles. The van der Waals surface area contributed by atoms with Crippen molar-refractivity contribution in [2.24, 2.45) is 5.92 Å². The highest BCUT2D eigenvalue weighted by Crippen LogP contribution is 2.40. The Labute approximate surface area is 179 Å². The van der Waals surface area contributed by atoms with E-state index in [2.05, 4.69) is 15.1 Å². The van der Waals surface area contributed by atoms with E-state index in [1.807, 2.05) is 31.2 Å². The van der Waals surface area contributed by atoms with Gasteiger partial charge in [-0.05, 0) is 49.2 Å². The van der Waals surface area contributed by atoms with Crippen molar-refractivity contribution in [2.45, 2.75) is 25.6 Å². The number of nitrogens with one attached hydrogen (secondary N) is 1. The van der Waals surface area contributed by atoms with Crippen LogP contribution in [0.25, 0.3) is 0 Å². The molecule has 0 aromatic heterocycles. The Hall–Kier alpha value is -2.90. The van der Waals surface area contributed by atoms with E-state index < -0.39 is 17.7 Å².